The van der Waals surface area contributed by atoms with Gasteiger partial charge in [-0.15, -0.1) is 0 Å². The van der Waals surface area contributed by atoms with Gasteiger partial charge in [-0.1, -0.05) is 35.9 Å². The maximum absolute atomic E-state index is 11.3. The summed E-state index contributed by atoms with van der Waals surface area (Å²) in [5.74, 6) is 0.624. The van der Waals surface area contributed by atoms with Crippen molar-refractivity contribution in [1.29, 1.82) is 0 Å². The fraction of sp³-hybridized carbons (Fsp3) is 0.381. The van der Waals surface area contributed by atoms with Crippen molar-refractivity contribution >= 4 is 23.3 Å². The Labute approximate surface area is 160 Å². The summed E-state index contributed by atoms with van der Waals surface area (Å²) in [7, 11) is 0. The molecule has 1 fully saturated rings. The molecule has 1 atom stereocenters. The van der Waals surface area contributed by atoms with E-state index in [1.54, 1.807) is 0 Å². The number of aryl methyl sites for hydroxylation is 1. The van der Waals surface area contributed by atoms with Crippen molar-refractivity contribution < 1.29 is 4.79 Å². The Morgan fingerprint density at radius 2 is 2.12 bits per heavy atom. The summed E-state index contributed by atoms with van der Waals surface area (Å²) in [6.45, 7) is 5.04. The Kier molecular flexibility index (Phi) is 6.17. The van der Waals surface area contributed by atoms with Gasteiger partial charge in [-0.25, -0.2) is 4.79 Å². The zero-order valence-corrected chi connectivity index (χ0v) is 15.9. The third-order valence-corrected chi connectivity index (χ3v) is 5.30. The number of carbonyl (C=O) groups excluding carboxylic acids is 1. The number of halogens is 1. The molecule has 26 heavy (non-hydrogen) atoms. The van der Waals surface area contributed by atoms with Crippen LogP contribution in [-0.2, 0) is 13.0 Å². The second kappa shape index (κ2) is 8.56. The number of amides is 2. The second-order valence-corrected chi connectivity index (χ2v) is 7.60. The number of nitrogens with zero attached hydrogens (tertiary/aromatic N) is 1. The molecule has 0 aromatic heterocycles. The maximum Gasteiger partial charge on any atom is 0.316 e. The highest BCUT2D eigenvalue weighted by molar-refractivity contribution is 6.30. The van der Waals surface area contributed by atoms with Crippen molar-refractivity contribution in [3.63, 3.8) is 0 Å². The monoisotopic (exact) mass is 371 g/mol. The van der Waals surface area contributed by atoms with Gasteiger partial charge in [-0.05, 0) is 73.5 Å². The van der Waals surface area contributed by atoms with Crippen LogP contribution in [0.15, 0.2) is 42.5 Å². The van der Waals surface area contributed by atoms with E-state index < -0.39 is 6.03 Å². The number of nitrogens with two attached hydrogens (primary N) is 1. The van der Waals surface area contributed by atoms with Gasteiger partial charge in [0.2, 0.25) is 0 Å². The van der Waals surface area contributed by atoms with Crippen molar-refractivity contribution in [2.24, 2.45) is 11.7 Å². The molecule has 1 unspecified atom stereocenters. The fourth-order valence-corrected chi connectivity index (χ4v) is 4.06. The van der Waals surface area contributed by atoms with Crippen LogP contribution in [0.2, 0.25) is 5.02 Å². The highest BCUT2D eigenvalue weighted by Gasteiger charge is 2.22. The molecule has 0 spiro atoms. The molecule has 0 bridgehead atoms. The van der Waals surface area contributed by atoms with Crippen molar-refractivity contribution in [3.8, 4) is 0 Å². The summed E-state index contributed by atoms with van der Waals surface area (Å²) in [4.78, 5) is 13.8. The number of benzene rings is 2. The summed E-state index contributed by atoms with van der Waals surface area (Å²) < 4.78 is 0. The summed E-state index contributed by atoms with van der Waals surface area (Å²) in [5, 5.41) is 3.56. The van der Waals surface area contributed by atoms with E-state index in [9.17, 15) is 4.79 Å². The zero-order valence-electron chi connectivity index (χ0n) is 15.2. The Morgan fingerprint density at radius 3 is 2.88 bits per heavy atom. The number of likely N-dealkylation sites (tertiary alicyclic amines) is 1. The molecule has 138 valence electrons. The Bertz CT molecular complexity index is 778. The lowest BCUT2D eigenvalue weighted by Crippen LogP contribution is -2.36. The normalized spacial score (nSPS) is 17.8. The van der Waals surface area contributed by atoms with Crippen LogP contribution in [0.5, 0.6) is 0 Å². The van der Waals surface area contributed by atoms with Gasteiger partial charge in [-0.3, -0.25) is 4.90 Å². The lowest BCUT2D eigenvalue weighted by atomic mass is 9.91. The number of nitrogens with one attached hydrogen (secondary N) is 1. The molecule has 2 aromatic rings. The quantitative estimate of drug-likeness (QED) is 0.807. The molecule has 3 N–H and O–H groups in total. The summed E-state index contributed by atoms with van der Waals surface area (Å²) >= 11 is 6.12. The summed E-state index contributed by atoms with van der Waals surface area (Å²) in [5.41, 5.74) is 9.76. The number of urea groups is 1. The fourth-order valence-electron chi connectivity index (χ4n) is 3.84. The number of piperidine rings is 1. The third-order valence-electron chi connectivity index (χ3n) is 5.07. The van der Waals surface area contributed by atoms with Crippen LogP contribution in [0.1, 0.15) is 29.5 Å². The minimum Gasteiger partial charge on any atom is -0.351 e. The number of anilines is 1. The smallest absolute Gasteiger partial charge is 0.316 e. The summed E-state index contributed by atoms with van der Waals surface area (Å²) in [6, 6.07) is 13.6. The topological polar surface area (TPSA) is 58.4 Å². The lowest BCUT2D eigenvalue weighted by molar-refractivity contribution is 0.167. The standard InChI is InChI=1S/C21H26ClN3O/c1-15-5-2-9-20(24-21(23)26)19(15)14-25-10-4-7-17(13-25)11-16-6-3-8-18(22)12-16/h2-3,5-6,8-9,12,17H,4,7,10-11,13-14H2,1H3,(H3,23,24,26). The van der Waals surface area contributed by atoms with Gasteiger partial charge >= 0.3 is 6.03 Å². The molecule has 0 radical (unpaired) electrons. The van der Waals surface area contributed by atoms with Crippen LogP contribution in [0.25, 0.3) is 0 Å². The van der Waals surface area contributed by atoms with Crippen molar-refractivity contribution in [2.45, 2.75) is 32.7 Å². The molecule has 1 heterocycles. The van der Waals surface area contributed by atoms with Gasteiger partial charge in [0.25, 0.3) is 0 Å². The van der Waals surface area contributed by atoms with Gasteiger partial charge in [0.05, 0.1) is 0 Å². The van der Waals surface area contributed by atoms with Crippen LogP contribution in [0, 0.1) is 12.8 Å². The Balaban J connectivity index is 1.68. The van der Waals surface area contributed by atoms with Gasteiger partial charge < -0.3 is 11.1 Å². The number of hydrogen-bond donors (Lipinski definition) is 2. The minimum atomic E-state index is -0.519. The molecule has 0 aliphatic carbocycles. The third kappa shape index (κ3) is 4.99. The van der Waals surface area contributed by atoms with E-state index in [1.807, 2.05) is 24.3 Å². The first kappa shape index (κ1) is 18.7. The second-order valence-electron chi connectivity index (χ2n) is 7.17. The number of rotatable bonds is 5. The van der Waals surface area contributed by atoms with Gasteiger partial charge in [-0.2, -0.15) is 0 Å². The van der Waals surface area contributed by atoms with E-state index in [0.29, 0.717) is 5.92 Å². The first-order valence-corrected chi connectivity index (χ1v) is 9.51. The van der Waals surface area contributed by atoms with Crippen molar-refractivity contribution in [3.05, 3.63) is 64.2 Å². The highest BCUT2D eigenvalue weighted by atomic mass is 35.5. The molecule has 2 amide bonds. The Hall–Kier alpha value is -2.04. The molecule has 0 saturated carbocycles. The van der Waals surface area contributed by atoms with Crippen molar-refractivity contribution in [1.82, 2.24) is 4.90 Å². The maximum atomic E-state index is 11.3. The molecule has 1 saturated heterocycles. The van der Waals surface area contributed by atoms with Crippen LogP contribution in [-0.4, -0.2) is 24.0 Å². The summed E-state index contributed by atoms with van der Waals surface area (Å²) in [6.07, 6.45) is 3.48. The van der Waals surface area contributed by atoms with Crippen LogP contribution >= 0.6 is 11.6 Å². The average molecular weight is 372 g/mol. The van der Waals surface area contributed by atoms with E-state index in [0.717, 1.165) is 42.3 Å². The van der Waals surface area contributed by atoms with Gasteiger partial charge in [0.1, 0.15) is 0 Å². The molecule has 3 rings (SSSR count). The highest BCUT2D eigenvalue weighted by Crippen LogP contribution is 2.26. The predicted molar refractivity (Wildman–Crippen MR) is 108 cm³/mol. The Morgan fingerprint density at radius 1 is 1.31 bits per heavy atom. The van der Waals surface area contributed by atoms with E-state index in [2.05, 4.69) is 35.3 Å². The molecule has 4 nitrogen and oxygen atoms in total. The number of carbonyl (C=O) groups is 1. The van der Waals surface area contributed by atoms with Crippen LogP contribution < -0.4 is 11.1 Å². The lowest BCUT2D eigenvalue weighted by Gasteiger charge is -2.33. The minimum absolute atomic E-state index is 0.519. The molecule has 1 aliphatic rings. The molecular weight excluding hydrogens is 346 g/mol. The SMILES string of the molecule is Cc1cccc(NC(N)=O)c1CN1CCCC(Cc2cccc(Cl)c2)C1. The first-order chi connectivity index (χ1) is 12.5. The largest absolute Gasteiger partial charge is 0.351 e. The van der Waals surface area contributed by atoms with Gasteiger partial charge in [0, 0.05) is 23.8 Å². The van der Waals surface area contributed by atoms with Gasteiger partial charge in [0.15, 0.2) is 0 Å². The average Bonchev–Trinajstić information content (AvgIpc) is 2.58. The number of hydrogen-bond acceptors (Lipinski definition) is 2. The van der Waals surface area contributed by atoms with E-state index in [4.69, 9.17) is 17.3 Å². The number of primary amides is 1. The van der Waals surface area contributed by atoms with E-state index >= 15 is 0 Å². The molecule has 2 aromatic carbocycles. The zero-order chi connectivity index (χ0) is 18.5. The molecular formula is C21H26ClN3O. The van der Waals surface area contributed by atoms with Crippen LogP contribution in [0.3, 0.4) is 0 Å². The first-order valence-electron chi connectivity index (χ1n) is 9.13. The molecule has 5 heteroatoms. The predicted octanol–water partition coefficient (Wildman–Crippen LogP) is 4.59. The van der Waals surface area contributed by atoms with Crippen molar-refractivity contribution in [2.75, 3.05) is 18.4 Å². The molecule has 1 aliphatic heterocycles. The van der Waals surface area contributed by atoms with E-state index in [-0.39, 0.29) is 0 Å². The van der Waals surface area contributed by atoms with Crippen LogP contribution in [0.4, 0.5) is 10.5 Å². The van der Waals surface area contributed by atoms with E-state index in [1.165, 1.54) is 24.0 Å².